The average molecular weight is 411 g/mol. The molecule has 150 valence electrons. The van der Waals surface area contributed by atoms with Crippen LogP contribution in [0.1, 0.15) is 41.0 Å². The first-order valence-corrected chi connectivity index (χ1v) is 10.4. The number of nitro groups is 1. The number of para-hydroxylation sites is 1. The molecule has 0 spiro atoms. The second kappa shape index (κ2) is 8.16. The van der Waals surface area contributed by atoms with Gasteiger partial charge in [0.1, 0.15) is 0 Å². The molecule has 0 unspecified atom stereocenters. The van der Waals surface area contributed by atoms with Crippen LogP contribution in [0.3, 0.4) is 0 Å². The molecule has 1 atom stereocenters. The molecule has 0 radical (unpaired) electrons. The minimum Gasteiger partial charge on any atom is -0.487 e. The van der Waals surface area contributed by atoms with E-state index in [0.29, 0.717) is 25.3 Å². The van der Waals surface area contributed by atoms with Crippen molar-refractivity contribution in [1.82, 2.24) is 9.88 Å². The molecule has 3 aromatic rings. The van der Waals surface area contributed by atoms with Crippen molar-refractivity contribution in [1.29, 1.82) is 0 Å². The number of fused-ring (bicyclic) bond motifs is 1. The highest BCUT2D eigenvalue weighted by Crippen LogP contribution is 2.34. The van der Waals surface area contributed by atoms with Crippen LogP contribution in [0, 0.1) is 10.1 Å². The first-order chi connectivity index (χ1) is 14.1. The molecular formula is C21H21N3O4S. The smallest absolute Gasteiger partial charge is 0.311 e. The van der Waals surface area contributed by atoms with Gasteiger partial charge in [-0.15, -0.1) is 11.3 Å². The third-order valence-corrected chi connectivity index (χ3v) is 6.27. The van der Waals surface area contributed by atoms with Gasteiger partial charge in [0, 0.05) is 30.6 Å². The quantitative estimate of drug-likeness (QED) is 0.452. The van der Waals surface area contributed by atoms with Gasteiger partial charge in [0.15, 0.2) is 5.75 Å². The van der Waals surface area contributed by atoms with Crippen molar-refractivity contribution in [2.75, 3.05) is 19.7 Å². The second-order valence-corrected chi connectivity index (χ2v) is 8.05. The molecule has 2 heterocycles. The Hall–Kier alpha value is -3.00. The molecule has 2 aromatic carbocycles. The van der Waals surface area contributed by atoms with E-state index in [1.165, 1.54) is 12.1 Å². The maximum Gasteiger partial charge on any atom is 0.311 e. The van der Waals surface area contributed by atoms with Crippen molar-refractivity contribution in [3.05, 3.63) is 63.1 Å². The fourth-order valence-corrected chi connectivity index (χ4v) is 4.77. The maximum atomic E-state index is 13.0. The predicted octanol–water partition coefficient (Wildman–Crippen LogP) is 4.62. The SMILES string of the molecule is CCOc1ccc(C(=O)N2CCC[C@H](c3nc4ccccc4s3)C2)cc1[N+](=O)[O-]. The molecule has 8 heteroatoms. The monoisotopic (exact) mass is 411 g/mol. The van der Waals surface area contributed by atoms with Gasteiger partial charge in [-0.1, -0.05) is 12.1 Å². The third kappa shape index (κ3) is 3.93. The Balaban J connectivity index is 1.55. The predicted molar refractivity (Wildman–Crippen MR) is 112 cm³/mol. The molecule has 1 amide bonds. The number of rotatable bonds is 5. The molecule has 1 aromatic heterocycles. The molecule has 0 aliphatic carbocycles. The summed E-state index contributed by atoms with van der Waals surface area (Å²) in [5.41, 5.74) is 1.11. The van der Waals surface area contributed by atoms with Crippen molar-refractivity contribution in [3.63, 3.8) is 0 Å². The number of likely N-dealkylation sites (tertiary alicyclic amines) is 1. The van der Waals surface area contributed by atoms with Crippen LogP contribution >= 0.6 is 11.3 Å². The van der Waals surface area contributed by atoms with E-state index in [2.05, 4.69) is 6.07 Å². The highest BCUT2D eigenvalue weighted by atomic mass is 32.1. The summed E-state index contributed by atoms with van der Waals surface area (Å²) in [6.07, 6.45) is 1.86. The van der Waals surface area contributed by atoms with E-state index in [1.54, 1.807) is 29.2 Å². The van der Waals surface area contributed by atoms with E-state index >= 15 is 0 Å². The maximum absolute atomic E-state index is 13.0. The Bertz CT molecular complexity index is 1030. The molecule has 7 nitrogen and oxygen atoms in total. The van der Waals surface area contributed by atoms with Crippen LogP contribution in [0.4, 0.5) is 5.69 Å². The summed E-state index contributed by atoms with van der Waals surface area (Å²) >= 11 is 1.67. The van der Waals surface area contributed by atoms with Gasteiger partial charge in [0.05, 0.1) is 26.8 Å². The zero-order chi connectivity index (χ0) is 20.4. The lowest BCUT2D eigenvalue weighted by molar-refractivity contribution is -0.385. The van der Waals surface area contributed by atoms with E-state index in [0.717, 1.165) is 28.1 Å². The van der Waals surface area contributed by atoms with E-state index in [1.807, 2.05) is 18.2 Å². The molecule has 0 bridgehead atoms. The Labute approximate surface area is 172 Å². The normalized spacial score (nSPS) is 16.7. The lowest BCUT2D eigenvalue weighted by Crippen LogP contribution is -2.39. The number of nitrogens with zero attached hydrogens (tertiary/aromatic N) is 3. The fraction of sp³-hybridized carbons (Fsp3) is 0.333. The zero-order valence-corrected chi connectivity index (χ0v) is 16.9. The van der Waals surface area contributed by atoms with Gasteiger partial charge in [-0.3, -0.25) is 14.9 Å². The average Bonchev–Trinajstić information content (AvgIpc) is 3.18. The fourth-order valence-electron chi connectivity index (χ4n) is 3.68. The van der Waals surface area contributed by atoms with Crippen LogP contribution in [0.2, 0.25) is 0 Å². The minimum atomic E-state index is -0.512. The van der Waals surface area contributed by atoms with Gasteiger partial charge >= 0.3 is 5.69 Å². The Morgan fingerprint density at radius 1 is 1.34 bits per heavy atom. The zero-order valence-electron chi connectivity index (χ0n) is 16.0. The number of piperidine rings is 1. The van der Waals surface area contributed by atoms with Crippen LogP contribution in [0.15, 0.2) is 42.5 Å². The Morgan fingerprint density at radius 2 is 2.17 bits per heavy atom. The van der Waals surface area contributed by atoms with E-state index in [-0.39, 0.29) is 23.3 Å². The van der Waals surface area contributed by atoms with Crippen LogP contribution in [-0.2, 0) is 0 Å². The van der Waals surface area contributed by atoms with Crippen molar-refractivity contribution < 1.29 is 14.5 Å². The lowest BCUT2D eigenvalue weighted by atomic mass is 9.98. The highest BCUT2D eigenvalue weighted by Gasteiger charge is 2.29. The molecule has 1 aliphatic rings. The number of amides is 1. The summed E-state index contributed by atoms with van der Waals surface area (Å²) in [7, 11) is 0. The van der Waals surface area contributed by atoms with Crippen molar-refractivity contribution in [3.8, 4) is 5.75 Å². The lowest BCUT2D eigenvalue weighted by Gasteiger charge is -2.32. The summed E-state index contributed by atoms with van der Waals surface area (Å²) in [6, 6.07) is 12.4. The number of nitro benzene ring substituents is 1. The van der Waals surface area contributed by atoms with Crippen molar-refractivity contribution in [2.24, 2.45) is 0 Å². The summed E-state index contributed by atoms with van der Waals surface area (Å²) < 4.78 is 6.46. The van der Waals surface area contributed by atoms with Crippen molar-refractivity contribution >= 4 is 33.1 Å². The highest BCUT2D eigenvalue weighted by molar-refractivity contribution is 7.18. The summed E-state index contributed by atoms with van der Waals surface area (Å²) in [5, 5.41) is 12.4. The standard InChI is InChI=1S/C21H21N3O4S/c1-2-28-18-10-9-14(12-17(18)24(26)27)21(25)23-11-5-6-15(13-23)20-22-16-7-3-4-8-19(16)29-20/h3-4,7-10,12,15H,2,5-6,11,13H2,1H3/t15-/m0/s1. The molecule has 29 heavy (non-hydrogen) atoms. The molecular weight excluding hydrogens is 390 g/mol. The first-order valence-electron chi connectivity index (χ1n) is 9.62. The van der Waals surface area contributed by atoms with Crippen LogP contribution in [-0.4, -0.2) is 40.4 Å². The largest absolute Gasteiger partial charge is 0.487 e. The number of benzene rings is 2. The van der Waals surface area contributed by atoms with Crippen LogP contribution in [0.5, 0.6) is 5.75 Å². The Kier molecular flexibility index (Phi) is 5.44. The van der Waals surface area contributed by atoms with Gasteiger partial charge in [-0.05, 0) is 44.0 Å². The second-order valence-electron chi connectivity index (χ2n) is 6.98. The number of carbonyl (C=O) groups excluding carboxylic acids is 1. The Morgan fingerprint density at radius 3 is 2.93 bits per heavy atom. The van der Waals surface area contributed by atoms with E-state index in [9.17, 15) is 14.9 Å². The molecule has 1 saturated heterocycles. The summed E-state index contributed by atoms with van der Waals surface area (Å²) in [4.78, 5) is 30.4. The molecule has 0 N–H and O–H groups in total. The molecule has 1 aliphatic heterocycles. The van der Waals surface area contributed by atoms with Gasteiger partial charge in [-0.25, -0.2) is 4.98 Å². The van der Waals surface area contributed by atoms with Crippen molar-refractivity contribution in [2.45, 2.75) is 25.7 Å². The third-order valence-electron chi connectivity index (χ3n) is 5.07. The summed E-state index contributed by atoms with van der Waals surface area (Å²) in [6.45, 7) is 3.30. The topological polar surface area (TPSA) is 85.6 Å². The van der Waals surface area contributed by atoms with E-state index in [4.69, 9.17) is 9.72 Å². The number of aromatic nitrogens is 1. The summed E-state index contributed by atoms with van der Waals surface area (Å²) in [5.74, 6) is 0.171. The number of hydrogen-bond donors (Lipinski definition) is 0. The number of carbonyl (C=O) groups is 1. The molecule has 4 rings (SSSR count). The van der Waals surface area contributed by atoms with Gasteiger partial charge < -0.3 is 9.64 Å². The van der Waals surface area contributed by atoms with Crippen LogP contribution < -0.4 is 4.74 Å². The number of ether oxygens (including phenoxy) is 1. The van der Waals surface area contributed by atoms with Gasteiger partial charge in [-0.2, -0.15) is 0 Å². The van der Waals surface area contributed by atoms with Crippen LogP contribution in [0.25, 0.3) is 10.2 Å². The van der Waals surface area contributed by atoms with E-state index < -0.39 is 4.92 Å². The minimum absolute atomic E-state index is 0.181. The molecule has 0 saturated carbocycles. The van der Waals surface area contributed by atoms with Gasteiger partial charge in [0.2, 0.25) is 0 Å². The molecule has 1 fully saturated rings. The number of thiazole rings is 1. The number of hydrogen-bond acceptors (Lipinski definition) is 6. The van der Waals surface area contributed by atoms with Gasteiger partial charge in [0.25, 0.3) is 5.91 Å². The first kappa shape index (κ1) is 19.3.